The maximum Gasteiger partial charge on any atom is 0.406 e. The molecule has 1 aromatic carbocycles. The van der Waals surface area contributed by atoms with Gasteiger partial charge in [0, 0.05) is 24.7 Å². The molecule has 2 N–H and O–H groups in total. The van der Waals surface area contributed by atoms with Gasteiger partial charge in [0.2, 0.25) is 0 Å². The van der Waals surface area contributed by atoms with E-state index >= 15 is 4.39 Å². The molecule has 2 aliphatic heterocycles. The summed E-state index contributed by atoms with van der Waals surface area (Å²) in [5, 5.41) is 22.1. The lowest BCUT2D eigenvalue weighted by atomic mass is 9.82. The SMILES string of the molecule is CN(c1ccc(-c2cc3ncn(CC(F)(F)F)c(=O)c3cc2O)nn1)[C@H]1C[C@@H]2CCC[C@H](N2)[C@H]1F. The van der Waals surface area contributed by atoms with Crippen LogP contribution in [0.25, 0.3) is 22.2 Å². The highest BCUT2D eigenvalue weighted by Gasteiger charge is 2.42. The number of halogens is 4. The first kappa shape index (κ1) is 23.5. The number of benzene rings is 1. The molecule has 186 valence electrons. The summed E-state index contributed by atoms with van der Waals surface area (Å²) >= 11 is 0. The Labute approximate surface area is 197 Å². The lowest BCUT2D eigenvalue weighted by Gasteiger charge is -2.46. The van der Waals surface area contributed by atoms with Crippen LogP contribution in [0.5, 0.6) is 5.75 Å². The molecule has 2 fully saturated rings. The Morgan fingerprint density at radius 3 is 2.74 bits per heavy atom. The Morgan fingerprint density at radius 2 is 2.03 bits per heavy atom. The van der Waals surface area contributed by atoms with E-state index in [1.807, 2.05) is 0 Å². The molecule has 35 heavy (non-hydrogen) atoms. The second kappa shape index (κ2) is 8.74. The van der Waals surface area contributed by atoms with Crippen LogP contribution in [0.1, 0.15) is 25.7 Å². The second-order valence-corrected chi connectivity index (χ2v) is 9.22. The average Bonchev–Trinajstić information content (AvgIpc) is 2.82. The summed E-state index contributed by atoms with van der Waals surface area (Å²) in [5.74, 6) is 0.140. The number of phenolic OH excluding ortho intramolecular Hbond substituents is 1. The number of fused-ring (bicyclic) bond motifs is 3. The molecule has 0 unspecified atom stereocenters. The molecule has 4 heterocycles. The van der Waals surface area contributed by atoms with Crippen molar-refractivity contribution in [3.8, 4) is 17.0 Å². The van der Waals surface area contributed by atoms with E-state index in [-0.39, 0.29) is 46.0 Å². The van der Waals surface area contributed by atoms with Crippen LogP contribution in [-0.4, -0.2) is 62.4 Å². The zero-order valence-corrected chi connectivity index (χ0v) is 18.8. The Bertz CT molecular complexity index is 1300. The Hall–Kier alpha value is -3.28. The number of aromatic hydroxyl groups is 1. The number of alkyl halides is 4. The summed E-state index contributed by atoms with van der Waals surface area (Å²) < 4.78 is 53.6. The molecule has 0 amide bonds. The van der Waals surface area contributed by atoms with Gasteiger partial charge in [-0.25, -0.2) is 9.37 Å². The number of hydrogen-bond acceptors (Lipinski definition) is 7. The summed E-state index contributed by atoms with van der Waals surface area (Å²) in [6.45, 7) is -1.48. The lowest BCUT2D eigenvalue weighted by Crippen LogP contribution is -2.61. The van der Waals surface area contributed by atoms with Gasteiger partial charge in [-0.2, -0.15) is 13.2 Å². The molecule has 12 heteroatoms. The number of rotatable bonds is 4. The molecule has 5 rings (SSSR count). The number of phenols is 1. The van der Waals surface area contributed by atoms with E-state index < -0.39 is 24.5 Å². The molecular weight excluding hydrogens is 468 g/mol. The van der Waals surface area contributed by atoms with Crippen molar-refractivity contribution in [2.24, 2.45) is 0 Å². The van der Waals surface area contributed by atoms with E-state index in [4.69, 9.17) is 0 Å². The number of aromatic nitrogens is 4. The highest BCUT2D eigenvalue weighted by molar-refractivity contribution is 5.86. The minimum Gasteiger partial charge on any atom is -0.507 e. The van der Waals surface area contributed by atoms with Gasteiger partial charge in [0.15, 0.2) is 5.82 Å². The molecular formula is C23H24F4N6O2. The maximum atomic E-state index is 15.1. The van der Waals surface area contributed by atoms with E-state index in [0.29, 0.717) is 16.8 Å². The second-order valence-electron chi connectivity index (χ2n) is 9.22. The molecule has 0 radical (unpaired) electrons. The van der Waals surface area contributed by atoms with Gasteiger partial charge in [0.25, 0.3) is 5.56 Å². The third-order valence-corrected chi connectivity index (χ3v) is 6.87. The minimum atomic E-state index is -4.58. The van der Waals surface area contributed by atoms with Crippen LogP contribution in [0, 0.1) is 0 Å². The van der Waals surface area contributed by atoms with Crippen molar-refractivity contribution in [2.75, 3.05) is 11.9 Å². The van der Waals surface area contributed by atoms with Gasteiger partial charge >= 0.3 is 6.18 Å². The van der Waals surface area contributed by atoms with E-state index in [0.717, 1.165) is 31.7 Å². The van der Waals surface area contributed by atoms with E-state index in [9.17, 15) is 23.1 Å². The third-order valence-electron chi connectivity index (χ3n) is 6.87. The highest BCUT2D eigenvalue weighted by atomic mass is 19.4. The number of anilines is 1. The van der Waals surface area contributed by atoms with Crippen LogP contribution in [0.4, 0.5) is 23.4 Å². The molecule has 4 atom stereocenters. The smallest absolute Gasteiger partial charge is 0.406 e. The van der Waals surface area contributed by atoms with Gasteiger partial charge < -0.3 is 15.3 Å². The van der Waals surface area contributed by atoms with Crippen molar-refractivity contribution in [3.63, 3.8) is 0 Å². The van der Waals surface area contributed by atoms with Gasteiger partial charge in [0.05, 0.1) is 29.0 Å². The summed E-state index contributed by atoms with van der Waals surface area (Å²) in [7, 11) is 1.78. The molecule has 2 saturated heterocycles. The zero-order chi connectivity index (χ0) is 24.9. The molecule has 0 aliphatic carbocycles. The van der Waals surface area contributed by atoms with Crippen molar-refractivity contribution in [1.82, 2.24) is 25.1 Å². The molecule has 3 aromatic rings. The van der Waals surface area contributed by atoms with E-state index in [1.165, 1.54) is 6.07 Å². The van der Waals surface area contributed by atoms with E-state index in [1.54, 1.807) is 24.1 Å². The first-order valence-corrected chi connectivity index (χ1v) is 11.4. The largest absolute Gasteiger partial charge is 0.507 e. The van der Waals surface area contributed by atoms with Crippen LogP contribution >= 0.6 is 0 Å². The predicted molar refractivity (Wildman–Crippen MR) is 121 cm³/mol. The van der Waals surface area contributed by atoms with Crippen LogP contribution in [0.15, 0.2) is 35.4 Å². The van der Waals surface area contributed by atoms with Crippen molar-refractivity contribution in [1.29, 1.82) is 0 Å². The van der Waals surface area contributed by atoms with Gasteiger partial charge in [-0.3, -0.25) is 9.36 Å². The van der Waals surface area contributed by atoms with Crippen molar-refractivity contribution >= 4 is 16.7 Å². The van der Waals surface area contributed by atoms with Crippen molar-refractivity contribution in [3.05, 3.63) is 40.9 Å². The quantitative estimate of drug-likeness (QED) is 0.540. The number of piperidine rings is 2. The fourth-order valence-electron chi connectivity index (χ4n) is 5.08. The molecule has 2 aliphatic rings. The molecule has 2 aromatic heterocycles. The third kappa shape index (κ3) is 4.54. The van der Waals surface area contributed by atoms with Crippen LogP contribution in [0.3, 0.4) is 0 Å². The summed E-state index contributed by atoms with van der Waals surface area (Å²) in [6, 6.07) is 5.53. The maximum absolute atomic E-state index is 15.1. The van der Waals surface area contributed by atoms with Gasteiger partial charge in [-0.1, -0.05) is 6.42 Å². The standard InChI is InChI=1S/C23H24F4N6O2/c1-32(18-7-12-3-2-4-16(29-12)21(18)24)20-6-5-15(30-31-20)13-8-17-14(9-19(13)34)22(35)33(11-28-17)10-23(25,26)27/h5-6,8-9,11-12,16,18,21,29,34H,2-4,7,10H2,1H3/t12-,16-,18-,21+/m0/s1. The van der Waals surface area contributed by atoms with Gasteiger partial charge in [-0.05, 0) is 43.5 Å². The average molecular weight is 492 g/mol. The topological polar surface area (TPSA) is 96.2 Å². The molecule has 0 spiro atoms. The summed E-state index contributed by atoms with van der Waals surface area (Å²) in [4.78, 5) is 18.2. The van der Waals surface area contributed by atoms with Crippen molar-refractivity contribution in [2.45, 2.75) is 62.7 Å². The first-order chi connectivity index (χ1) is 16.6. The molecule has 0 saturated carbocycles. The van der Waals surface area contributed by atoms with Gasteiger partial charge in [-0.15, -0.1) is 10.2 Å². The number of nitrogens with zero attached hydrogens (tertiary/aromatic N) is 5. The predicted octanol–water partition coefficient (Wildman–Crippen LogP) is 3.18. The number of nitrogens with one attached hydrogen (secondary N) is 1. The normalized spacial score (nSPS) is 24.5. The zero-order valence-electron chi connectivity index (χ0n) is 18.8. The van der Waals surface area contributed by atoms with Crippen LogP contribution < -0.4 is 15.8 Å². The Morgan fingerprint density at radius 1 is 1.23 bits per heavy atom. The van der Waals surface area contributed by atoms with Gasteiger partial charge in [0.1, 0.15) is 18.5 Å². The fourth-order valence-corrected chi connectivity index (χ4v) is 5.08. The fraction of sp³-hybridized carbons (Fsp3) is 0.478. The van der Waals surface area contributed by atoms with Crippen molar-refractivity contribution < 1.29 is 22.7 Å². The summed E-state index contributed by atoms with van der Waals surface area (Å²) in [5.41, 5.74) is -0.295. The molecule has 8 nitrogen and oxygen atoms in total. The first-order valence-electron chi connectivity index (χ1n) is 11.4. The van der Waals surface area contributed by atoms with E-state index in [2.05, 4.69) is 20.5 Å². The van der Waals surface area contributed by atoms with Crippen LogP contribution in [0.2, 0.25) is 0 Å². The monoisotopic (exact) mass is 492 g/mol. The summed E-state index contributed by atoms with van der Waals surface area (Å²) in [6.07, 6.45) is -1.27. The Balaban J connectivity index is 1.41. The Kier molecular flexibility index (Phi) is 5.86. The highest BCUT2D eigenvalue weighted by Crippen LogP contribution is 2.34. The minimum absolute atomic E-state index is 0.116. The van der Waals surface area contributed by atoms with Crippen LogP contribution in [-0.2, 0) is 6.54 Å². The number of hydrogen-bond donors (Lipinski definition) is 2. The lowest BCUT2D eigenvalue weighted by molar-refractivity contribution is -0.141. The molecule has 2 bridgehead atoms.